The molecule has 0 aliphatic carbocycles. The van der Waals surface area contributed by atoms with Crippen molar-refractivity contribution in [1.82, 2.24) is 4.98 Å². The van der Waals surface area contributed by atoms with Crippen molar-refractivity contribution in [3.05, 3.63) is 41.8 Å². The number of aromatic nitrogens is 1. The maximum absolute atomic E-state index is 10.8. The Morgan fingerprint density at radius 3 is 3.00 bits per heavy atom. The van der Waals surface area contributed by atoms with E-state index in [9.17, 15) is 4.79 Å². The standard InChI is InChI=1S/C12H7NO3S/c14-12(15)10-4-13-11(17-10)8-3-1-2-7-5-16-6-9(7)8/h1-6H,(H,14,15). The molecular formula is C12H7NO3S. The summed E-state index contributed by atoms with van der Waals surface area (Å²) in [5.74, 6) is -0.951. The quantitative estimate of drug-likeness (QED) is 0.752. The molecule has 0 amide bonds. The number of nitrogens with zero attached hydrogens (tertiary/aromatic N) is 1. The highest BCUT2D eigenvalue weighted by molar-refractivity contribution is 7.16. The Labute approximate surface area is 100 Å². The van der Waals surface area contributed by atoms with Crippen molar-refractivity contribution >= 4 is 28.1 Å². The van der Waals surface area contributed by atoms with E-state index in [1.54, 1.807) is 12.5 Å². The lowest BCUT2D eigenvalue weighted by Gasteiger charge is -1.96. The molecule has 0 spiro atoms. The van der Waals surface area contributed by atoms with Crippen LogP contribution >= 0.6 is 11.3 Å². The van der Waals surface area contributed by atoms with Gasteiger partial charge in [0, 0.05) is 16.3 Å². The third kappa shape index (κ3) is 1.60. The number of carboxylic acid groups (broad SMARTS) is 1. The highest BCUT2D eigenvalue weighted by Crippen LogP contribution is 2.32. The van der Waals surface area contributed by atoms with Gasteiger partial charge in [-0.05, 0) is 0 Å². The summed E-state index contributed by atoms with van der Waals surface area (Å²) >= 11 is 1.16. The normalized spacial score (nSPS) is 10.8. The number of benzene rings is 1. The van der Waals surface area contributed by atoms with Crippen LogP contribution in [-0.4, -0.2) is 16.1 Å². The van der Waals surface area contributed by atoms with Gasteiger partial charge in [0.15, 0.2) is 0 Å². The van der Waals surface area contributed by atoms with E-state index in [0.29, 0.717) is 5.01 Å². The topological polar surface area (TPSA) is 63.3 Å². The van der Waals surface area contributed by atoms with Crippen molar-refractivity contribution < 1.29 is 14.3 Å². The fourth-order valence-corrected chi connectivity index (χ4v) is 2.47. The highest BCUT2D eigenvalue weighted by atomic mass is 32.1. The van der Waals surface area contributed by atoms with Gasteiger partial charge in [0.1, 0.15) is 9.88 Å². The number of furan rings is 1. The van der Waals surface area contributed by atoms with Gasteiger partial charge >= 0.3 is 5.97 Å². The minimum Gasteiger partial charge on any atom is -0.477 e. The van der Waals surface area contributed by atoms with E-state index < -0.39 is 5.97 Å². The van der Waals surface area contributed by atoms with Gasteiger partial charge in [-0.25, -0.2) is 9.78 Å². The molecule has 0 atom stereocenters. The first-order valence-electron chi connectivity index (χ1n) is 4.90. The summed E-state index contributed by atoms with van der Waals surface area (Å²) in [7, 11) is 0. The second kappa shape index (κ2) is 3.71. The molecular weight excluding hydrogens is 238 g/mol. The lowest BCUT2D eigenvalue weighted by molar-refractivity contribution is 0.0702. The number of rotatable bonds is 2. The van der Waals surface area contributed by atoms with Crippen LogP contribution in [0.3, 0.4) is 0 Å². The molecule has 0 saturated heterocycles. The Morgan fingerprint density at radius 1 is 1.35 bits per heavy atom. The van der Waals surface area contributed by atoms with E-state index in [4.69, 9.17) is 9.52 Å². The molecule has 17 heavy (non-hydrogen) atoms. The average Bonchev–Trinajstić information content (AvgIpc) is 2.97. The Balaban J connectivity index is 2.19. The smallest absolute Gasteiger partial charge is 0.347 e. The van der Waals surface area contributed by atoms with Crippen LogP contribution in [-0.2, 0) is 0 Å². The lowest BCUT2D eigenvalue weighted by Crippen LogP contribution is -1.89. The molecule has 1 N–H and O–H groups in total. The summed E-state index contributed by atoms with van der Waals surface area (Å²) in [6.45, 7) is 0. The van der Waals surface area contributed by atoms with E-state index in [0.717, 1.165) is 27.7 Å². The molecule has 2 aromatic heterocycles. The van der Waals surface area contributed by atoms with E-state index in [2.05, 4.69) is 4.98 Å². The van der Waals surface area contributed by atoms with Crippen molar-refractivity contribution in [3.63, 3.8) is 0 Å². The van der Waals surface area contributed by atoms with Crippen molar-refractivity contribution in [3.8, 4) is 10.6 Å². The summed E-state index contributed by atoms with van der Waals surface area (Å²) in [6, 6.07) is 5.74. The maximum atomic E-state index is 10.8. The van der Waals surface area contributed by atoms with Gasteiger partial charge in [0.2, 0.25) is 0 Å². The fourth-order valence-electron chi connectivity index (χ4n) is 1.68. The first kappa shape index (κ1) is 10.0. The number of aromatic carboxylic acids is 1. The Morgan fingerprint density at radius 2 is 2.24 bits per heavy atom. The second-order valence-electron chi connectivity index (χ2n) is 3.52. The van der Waals surface area contributed by atoms with E-state index in [-0.39, 0.29) is 4.88 Å². The molecule has 3 rings (SSSR count). The zero-order chi connectivity index (χ0) is 11.8. The molecule has 84 valence electrons. The molecule has 0 unspecified atom stereocenters. The molecule has 0 bridgehead atoms. The van der Waals surface area contributed by atoms with Gasteiger partial charge < -0.3 is 9.52 Å². The van der Waals surface area contributed by atoms with Crippen molar-refractivity contribution in [2.24, 2.45) is 0 Å². The summed E-state index contributed by atoms with van der Waals surface area (Å²) < 4.78 is 5.14. The van der Waals surface area contributed by atoms with Gasteiger partial charge in [0.25, 0.3) is 0 Å². The summed E-state index contributed by atoms with van der Waals surface area (Å²) in [6.07, 6.45) is 4.68. The third-order valence-corrected chi connectivity index (χ3v) is 3.49. The number of fused-ring (bicyclic) bond motifs is 1. The van der Waals surface area contributed by atoms with Crippen molar-refractivity contribution in [2.45, 2.75) is 0 Å². The molecule has 0 saturated carbocycles. The SMILES string of the molecule is O=C(O)c1cnc(-c2cccc3cocc23)s1. The van der Waals surface area contributed by atoms with Crippen LogP contribution in [0.2, 0.25) is 0 Å². The van der Waals surface area contributed by atoms with Gasteiger partial charge in [0.05, 0.1) is 18.7 Å². The van der Waals surface area contributed by atoms with Gasteiger partial charge in [-0.2, -0.15) is 0 Å². The van der Waals surface area contributed by atoms with Crippen LogP contribution in [0.25, 0.3) is 21.3 Å². The second-order valence-corrected chi connectivity index (χ2v) is 4.55. The Bertz CT molecular complexity index is 698. The first-order valence-corrected chi connectivity index (χ1v) is 5.72. The maximum Gasteiger partial charge on any atom is 0.347 e. The Kier molecular flexibility index (Phi) is 2.19. The zero-order valence-corrected chi connectivity index (χ0v) is 9.40. The van der Waals surface area contributed by atoms with Crippen LogP contribution in [0.1, 0.15) is 9.67 Å². The molecule has 2 heterocycles. The van der Waals surface area contributed by atoms with E-state index in [1.165, 1.54) is 6.20 Å². The molecule has 0 radical (unpaired) electrons. The van der Waals surface area contributed by atoms with Crippen molar-refractivity contribution in [1.29, 1.82) is 0 Å². The first-order chi connectivity index (χ1) is 8.25. The molecule has 0 aliphatic rings. The highest BCUT2D eigenvalue weighted by Gasteiger charge is 2.12. The zero-order valence-electron chi connectivity index (χ0n) is 8.58. The molecule has 0 fully saturated rings. The number of hydrogen-bond acceptors (Lipinski definition) is 4. The lowest BCUT2D eigenvalue weighted by atomic mass is 10.1. The van der Waals surface area contributed by atoms with Crippen LogP contribution in [0.15, 0.2) is 41.3 Å². The van der Waals surface area contributed by atoms with Crippen LogP contribution in [0.5, 0.6) is 0 Å². The number of carbonyl (C=O) groups is 1. The fraction of sp³-hybridized carbons (Fsp3) is 0. The van der Waals surface area contributed by atoms with Crippen LogP contribution in [0.4, 0.5) is 0 Å². The number of thiazole rings is 1. The predicted molar refractivity (Wildman–Crippen MR) is 64.3 cm³/mol. The van der Waals surface area contributed by atoms with Crippen molar-refractivity contribution in [2.75, 3.05) is 0 Å². The molecule has 4 nitrogen and oxygen atoms in total. The van der Waals surface area contributed by atoms with Gasteiger partial charge in [-0.15, -0.1) is 11.3 Å². The predicted octanol–water partition coefficient (Wildman–Crippen LogP) is 3.25. The van der Waals surface area contributed by atoms with E-state index >= 15 is 0 Å². The minimum atomic E-state index is -0.951. The van der Waals surface area contributed by atoms with Gasteiger partial charge in [-0.1, -0.05) is 18.2 Å². The molecule has 0 aliphatic heterocycles. The molecule has 5 heteroatoms. The van der Waals surface area contributed by atoms with Crippen LogP contribution < -0.4 is 0 Å². The monoisotopic (exact) mass is 245 g/mol. The minimum absolute atomic E-state index is 0.237. The number of carboxylic acids is 1. The van der Waals surface area contributed by atoms with E-state index in [1.807, 2.05) is 18.2 Å². The Hall–Kier alpha value is -2.14. The van der Waals surface area contributed by atoms with Crippen LogP contribution in [0, 0.1) is 0 Å². The summed E-state index contributed by atoms with van der Waals surface area (Å²) in [4.78, 5) is 15.2. The summed E-state index contributed by atoms with van der Waals surface area (Å²) in [5, 5.41) is 11.5. The molecule has 1 aromatic carbocycles. The summed E-state index contributed by atoms with van der Waals surface area (Å²) in [5.41, 5.74) is 0.897. The molecule has 3 aromatic rings. The van der Waals surface area contributed by atoms with Gasteiger partial charge in [-0.3, -0.25) is 0 Å². The third-order valence-electron chi connectivity index (χ3n) is 2.47. The number of hydrogen-bond donors (Lipinski definition) is 1. The average molecular weight is 245 g/mol. The largest absolute Gasteiger partial charge is 0.477 e.